The normalized spacial score (nSPS) is 12.7. The largest absolute Gasteiger partial charge is 0.495 e. The second kappa shape index (κ2) is 8.11. The molecule has 1 aromatic rings. The van der Waals surface area contributed by atoms with E-state index in [1.165, 1.54) is 33.1 Å². The van der Waals surface area contributed by atoms with E-state index in [2.05, 4.69) is 5.32 Å². The molecule has 0 aliphatic carbocycles. The fraction of sp³-hybridized carbons (Fsp3) is 0.467. The molecule has 0 fully saturated rings. The van der Waals surface area contributed by atoms with Crippen LogP contribution in [0.25, 0.3) is 0 Å². The number of hydrogen-bond donors (Lipinski definition) is 2. The van der Waals surface area contributed by atoms with Gasteiger partial charge in [-0.2, -0.15) is 4.31 Å². The highest BCUT2D eigenvalue weighted by molar-refractivity contribution is 7.89. The first kappa shape index (κ1) is 19.9. The molecule has 0 saturated heterocycles. The van der Waals surface area contributed by atoms with Crippen molar-refractivity contribution in [2.24, 2.45) is 0 Å². The number of ether oxygens (including phenoxy) is 1. The summed E-state index contributed by atoms with van der Waals surface area (Å²) < 4.78 is 31.8. The van der Waals surface area contributed by atoms with E-state index < -0.39 is 22.0 Å². The van der Waals surface area contributed by atoms with Gasteiger partial charge in [0.05, 0.1) is 7.11 Å². The third kappa shape index (κ3) is 4.68. The van der Waals surface area contributed by atoms with Gasteiger partial charge in [-0.15, -0.1) is 0 Å². The van der Waals surface area contributed by atoms with Gasteiger partial charge in [0.2, 0.25) is 15.9 Å². The molecule has 1 rings (SSSR count). The summed E-state index contributed by atoms with van der Waals surface area (Å²) in [5, 5.41) is 11.7. The Hall–Kier alpha value is -2.13. The molecule has 0 saturated carbocycles. The standard InChI is InChI=1S/C15H22N2O6S/c1-10-5-6-13(23-4)14(9-10)24(21,22)17(11(2)15(19)20)8-7-16-12(3)18/h5-6,9,11H,7-8H2,1-4H3,(H,16,18)(H,19,20). The van der Waals surface area contributed by atoms with Crippen LogP contribution in [0.3, 0.4) is 0 Å². The molecular weight excluding hydrogens is 336 g/mol. The summed E-state index contributed by atoms with van der Waals surface area (Å²) in [5.41, 5.74) is 0.694. The molecule has 9 heteroatoms. The predicted octanol–water partition coefficient (Wildman–Crippen LogP) is 0.604. The molecule has 0 spiro atoms. The SMILES string of the molecule is COc1ccc(C)cc1S(=O)(=O)N(CCNC(C)=O)C(C)C(=O)O. The predicted molar refractivity (Wildman–Crippen MR) is 87.4 cm³/mol. The number of sulfonamides is 1. The van der Waals surface area contributed by atoms with E-state index in [0.29, 0.717) is 5.56 Å². The second-order valence-electron chi connectivity index (χ2n) is 5.27. The molecule has 24 heavy (non-hydrogen) atoms. The Morgan fingerprint density at radius 2 is 2.00 bits per heavy atom. The van der Waals surface area contributed by atoms with E-state index in [0.717, 1.165) is 4.31 Å². The van der Waals surface area contributed by atoms with Crippen molar-refractivity contribution in [3.63, 3.8) is 0 Å². The summed E-state index contributed by atoms with van der Waals surface area (Å²) in [6.07, 6.45) is 0. The average molecular weight is 358 g/mol. The van der Waals surface area contributed by atoms with Gasteiger partial charge in [-0.25, -0.2) is 8.42 Å². The van der Waals surface area contributed by atoms with Crippen molar-refractivity contribution in [2.75, 3.05) is 20.2 Å². The first-order chi connectivity index (χ1) is 11.1. The lowest BCUT2D eigenvalue weighted by atomic mass is 10.2. The fourth-order valence-corrected chi connectivity index (χ4v) is 3.93. The Labute approximate surface area is 141 Å². The zero-order valence-electron chi connectivity index (χ0n) is 14.1. The van der Waals surface area contributed by atoms with Gasteiger partial charge in [0.1, 0.15) is 16.7 Å². The number of carboxylic acid groups (broad SMARTS) is 1. The summed E-state index contributed by atoms with van der Waals surface area (Å²) in [7, 11) is -2.79. The van der Waals surface area contributed by atoms with Crippen LogP contribution in [0, 0.1) is 6.92 Å². The monoisotopic (exact) mass is 358 g/mol. The van der Waals surface area contributed by atoms with Gasteiger partial charge in [-0.05, 0) is 31.5 Å². The number of rotatable bonds is 8. The van der Waals surface area contributed by atoms with Gasteiger partial charge in [0, 0.05) is 20.0 Å². The van der Waals surface area contributed by atoms with Crippen molar-refractivity contribution in [3.05, 3.63) is 23.8 Å². The second-order valence-corrected chi connectivity index (χ2v) is 7.13. The maximum atomic E-state index is 13.0. The van der Waals surface area contributed by atoms with E-state index in [1.54, 1.807) is 13.0 Å². The number of nitrogens with one attached hydrogen (secondary N) is 1. The molecule has 0 aliphatic heterocycles. The number of benzene rings is 1. The number of hydrogen-bond acceptors (Lipinski definition) is 5. The number of nitrogens with zero attached hydrogens (tertiary/aromatic N) is 1. The number of amides is 1. The quantitative estimate of drug-likeness (QED) is 0.704. The van der Waals surface area contributed by atoms with Crippen molar-refractivity contribution in [3.8, 4) is 5.75 Å². The highest BCUT2D eigenvalue weighted by atomic mass is 32.2. The maximum Gasteiger partial charge on any atom is 0.321 e. The third-order valence-corrected chi connectivity index (χ3v) is 5.39. The van der Waals surface area contributed by atoms with Crippen LogP contribution < -0.4 is 10.1 Å². The van der Waals surface area contributed by atoms with Crippen LogP contribution in [0.2, 0.25) is 0 Å². The first-order valence-electron chi connectivity index (χ1n) is 7.25. The molecule has 0 radical (unpaired) electrons. The van der Waals surface area contributed by atoms with E-state index in [-0.39, 0.29) is 29.6 Å². The molecule has 1 aromatic carbocycles. The van der Waals surface area contributed by atoms with Crippen molar-refractivity contribution in [1.29, 1.82) is 0 Å². The van der Waals surface area contributed by atoms with Crippen molar-refractivity contribution >= 4 is 21.9 Å². The lowest BCUT2D eigenvalue weighted by Gasteiger charge is -2.26. The summed E-state index contributed by atoms with van der Waals surface area (Å²) >= 11 is 0. The highest BCUT2D eigenvalue weighted by Gasteiger charge is 2.34. The van der Waals surface area contributed by atoms with E-state index >= 15 is 0 Å². The smallest absolute Gasteiger partial charge is 0.321 e. The Morgan fingerprint density at radius 3 is 2.50 bits per heavy atom. The van der Waals surface area contributed by atoms with Gasteiger partial charge >= 0.3 is 5.97 Å². The summed E-state index contributed by atoms with van der Waals surface area (Å²) in [4.78, 5) is 22.2. The number of carboxylic acids is 1. The minimum absolute atomic E-state index is 0.000312. The number of aryl methyl sites for hydroxylation is 1. The summed E-state index contributed by atoms with van der Waals surface area (Å²) in [6.45, 7) is 4.12. The van der Waals surface area contributed by atoms with Gasteiger partial charge in [0.25, 0.3) is 0 Å². The van der Waals surface area contributed by atoms with Crippen LogP contribution in [0.1, 0.15) is 19.4 Å². The zero-order valence-corrected chi connectivity index (χ0v) is 14.9. The van der Waals surface area contributed by atoms with Crippen LogP contribution in [-0.2, 0) is 19.6 Å². The Balaban J connectivity index is 3.30. The lowest BCUT2D eigenvalue weighted by Crippen LogP contribution is -2.46. The molecule has 8 nitrogen and oxygen atoms in total. The first-order valence-corrected chi connectivity index (χ1v) is 8.69. The maximum absolute atomic E-state index is 13.0. The Kier molecular flexibility index (Phi) is 6.73. The molecular formula is C15H22N2O6S. The molecule has 0 aliphatic rings. The number of aliphatic carboxylic acids is 1. The van der Waals surface area contributed by atoms with Gasteiger partial charge < -0.3 is 15.2 Å². The van der Waals surface area contributed by atoms with Crippen LogP contribution in [0.15, 0.2) is 23.1 Å². The Bertz CT molecular complexity index is 717. The molecule has 0 bridgehead atoms. The number of carbonyl (C=O) groups excluding carboxylic acids is 1. The Morgan fingerprint density at radius 1 is 1.38 bits per heavy atom. The molecule has 1 unspecified atom stereocenters. The van der Waals surface area contributed by atoms with Crippen LogP contribution >= 0.6 is 0 Å². The van der Waals surface area contributed by atoms with E-state index in [9.17, 15) is 23.1 Å². The van der Waals surface area contributed by atoms with Gasteiger partial charge in [-0.1, -0.05) is 6.07 Å². The fourth-order valence-electron chi connectivity index (χ4n) is 2.10. The molecule has 0 aromatic heterocycles. The van der Waals surface area contributed by atoms with Crippen molar-refractivity contribution in [1.82, 2.24) is 9.62 Å². The summed E-state index contributed by atoms with van der Waals surface area (Å²) in [6, 6.07) is 3.34. The zero-order chi connectivity index (χ0) is 18.5. The highest BCUT2D eigenvalue weighted by Crippen LogP contribution is 2.28. The van der Waals surface area contributed by atoms with Crippen LogP contribution in [-0.4, -0.2) is 55.9 Å². The minimum Gasteiger partial charge on any atom is -0.495 e. The summed E-state index contributed by atoms with van der Waals surface area (Å²) in [5.74, 6) is -1.49. The van der Waals surface area contributed by atoms with Crippen LogP contribution in [0.4, 0.5) is 0 Å². The molecule has 2 N–H and O–H groups in total. The van der Waals surface area contributed by atoms with Crippen LogP contribution in [0.5, 0.6) is 5.75 Å². The van der Waals surface area contributed by atoms with Crippen molar-refractivity contribution in [2.45, 2.75) is 31.7 Å². The molecule has 1 amide bonds. The molecule has 134 valence electrons. The third-order valence-electron chi connectivity index (χ3n) is 3.40. The van der Waals surface area contributed by atoms with Crippen molar-refractivity contribution < 1.29 is 27.9 Å². The van der Waals surface area contributed by atoms with Gasteiger partial charge in [0.15, 0.2) is 0 Å². The average Bonchev–Trinajstić information content (AvgIpc) is 2.50. The minimum atomic E-state index is -4.13. The molecule has 1 atom stereocenters. The van der Waals surface area contributed by atoms with E-state index in [4.69, 9.17) is 4.74 Å². The van der Waals surface area contributed by atoms with Gasteiger partial charge in [-0.3, -0.25) is 9.59 Å². The topological polar surface area (TPSA) is 113 Å². The molecule has 0 heterocycles. The number of methoxy groups -OCH3 is 1. The van der Waals surface area contributed by atoms with E-state index in [1.807, 2.05) is 0 Å². The lowest BCUT2D eigenvalue weighted by molar-refractivity contribution is -0.140. The number of carbonyl (C=O) groups is 2.